The van der Waals surface area contributed by atoms with Crippen molar-refractivity contribution in [2.45, 2.75) is 25.0 Å². The van der Waals surface area contributed by atoms with Crippen molar-refractivity contribution in [3.05, 3.63) is 45.5 Å². The molecule has 2 aromatic carbocycles. The number of nitrogens with zero attached hydrogens (tertiary/aromatic N) is 1. The first kappa shape index (κ1) is 24.0. The summed E-state index contributed by atoms with van der Waals surface area (Å²) in [5, 5.41) is 32.6. The Balaban J connectivity index is 2.23. The van der Waals surface area contributed by atoms with Gasteiger partial charge in [-0.3, -0.25) is 10.1 Å². The fourth-order valence-corrected chi connectivity index (χ4v) is 3.24. The zero-order chi connectivity index (χ0) is 23.1. The summed E-state index contributed by atoms with van der Waals surface area (Å²) >= 11 is 0. The van der Waals surface area contributed by atoms with Gasteiger partial charge in [0.2, 0.25) is 11.5 Å². The Kier molecular flexibility index (Phi) is 8.29. The van der Waals surface area contributed by atoms with E-state index in [0.29, 0.717) is 22.8 Å². The Bertz CT molecular complexity index is 891. The van der Waals surface area contributed by atoms with Gasteiger partial charge in [0.25, 0.3) is 0 Å². The standard InChI is InChI=1S/C21H27NO9/c1-27-17-9-12(8-14(22(25)26)20(17)30-4)15(23)6-7-16(24)13-10-18(28-2)21(31-5)19(11-13)29-3/h8-11,15-16,23-24H,6-7H2,1-5H3. The Morgan fingerprint density at radius 1 is 0.742 bits per heavy atom. The molecule has 2 unspecified atom stereocenters. The van der Waals surface area contributed by atoms with Crippen molar-refractivity contribution in [2.75, 3.05) is 35.5 Å². The van der Waals surface area contributed by atoms with E-state index < -0.39 is 17.1 Å². The molecule has 0 bridgehead atoms. The second kappa shape index (κ2) is 10.7. The topological polar surface area (TPSA) is 130 Å². The normalized spacial score (nSPS) is 12.6. The summed E-state index contributed by atoms with van der Waals surface area (Å²) in [4.78, 5) is 10.8. The van der Waals surface area contributed by atoms with Crippen molar-refractivity contribution in [2.24, 2.45) is 0 Å². The lowest BCUT2D eigenvalue weighted by Gasteiger charge is -2.19. The van der Waals surface area contributed by atoms with Gasteiger partial charge in [-0.15, -0.1) is 0 Å². The van der Waals surface area contributed by atoms with Crippen LogP contribution in [0, 0.1) is 10.1 Å². The quantitative estimate of drug-likeness (QED) is 0.402. The lowest BCUT2D eigenvalue weighted by molar-refractivity contribution is -0.385. The van der Waals surface area contributed by atoms with E-state index in [-0.39, 0.29) is 35.6 Å². The average molecular weight is 437 g/mol. The molecule has 31 heavy (non-hydrogen) atoms. The number of hydrogen-bond donors (Lipinski definition) is 2. The number of aliphatic hydroxyl groups is 2. The van der Waals surface area contributed by atoms with Crippen LogP contribution >= 0.6 is 0 Å². The van der Waals surface area contributed by atoms with E-state index in [1.807, 2.05) is 0 Å². The monoisotopic (exact) mass is 437 g/mol. The second-order valence-corrected chi connectivity index (χ2v) is 6.60. The van der Waals surface area contributed by atoms with Crippen LogP contribution in [0.5, 0.6) is 28.7 Å². The molecule has 2 aromatic rings. The third kappa shape index (κ3) is 5.28. The van der Waals surface area contributed by atoms with Gasteiger partial charge in [0.15, 0.2) is 17.2 Å². The molecule has 0 heterocycles. The Hall–Kier alpha value is -3.24. The van der Waals surface area contributed by atoms with Crippen molar-refractivity contribution in [1.82, 2.24) is 0 Å². The predicted octanol–water partition coefficient (Wildman–Crippen LogP) is 3.19. The SMILES string of the molecule is COc1cc(C(O)CCC(O)c2cc(OC)c(OC)c([N+](=O)[O-])c2)cc(OC)c1OC. The van der Waals surface area contributed by atoms with Crippen LogP contribution in [0.15, 0.2) is 24.3 Å². The van der Waals surface area contributed by atoms with E-state index >= 15 is 0 Å². The zero-order valence-corrected chi connectivity index (χ0v) is 18.1. The third-order valence-corrected chi connectivity index (χ3v) is 4.85. The predicted molar refractivity (Wildman–Crippen MR) is 111 cm³/mol. The average Bonchev–Trinajstić information content (AvgIpc) is 2.79. The molecule has 2 atom stereocenters. The van der Waals surface area contributed by atoms with Gasteiger partial charge in [-0.2, -0.15) is 0 Å². The first-order valence-corrected chi connectivity index (χ1v) is 9.37. The molecule has 0 aromatic heterocycles. The highest BCUT2D eigenvalue weighted by Gasteiger charge is 2.25. The molecule has 170 valence electrons. The molecule has 0 spiro atoms. The Morgan fingerprint density at radius 2 is 1.13 bits per heavy atom. The summed E-state index contributed by atoms with van der Waals surface area (Å²) in [6.07, 6.45) is -1.72. The number of nitro benzene ring substituents is 1. The summed E-state index contributed by atoms with van der Waals surface area (Å²) in [5.41, 5.74) is 0.475. The maximum absolute atomic E-state index is 11.4. The van der Waals surface area contributed by atoms with Gasteiger partial charge in [0.05, 0.1) is 52.7 Å². The summed E-state index contributed by atoms with van der Waals surface area (Å²) in [6.45, 7) is 0. The summed E-state index contributed by atoms with van der Waals surface area (Å²) in [5.74, 6) is 1.30. The molecule has 0 fully saturated rings. The van der Waals surface area contributed by atoms with Gasteiger partial charge in [-0.05, 0) is 42.2 Å². The molecule has 10 heteroatoms. The van der Waals surface area contributed by atoms with Gasteiger partial charge >= 0.3 is 5.69 Å². The zero-order valence-electron chi connectivity index (χ0n) is 18.1. The lowest BCUT2D eigenvalue weighted by atomic mass is 9.98. The maximum Gasteiger partial charge on any atom is 0.315 e. The molecule has 0 aliphatic rings. The smallest absolute Gasteiger partial charge is 0.315 e. The highest BCUT2D eigenvalue weighted by Crippen LogP contribution is 2.42. The molecule has 10 nitrogen and oxygen atoms in total. The molecule has 2 rings (SSSR count). The number of benzene rings is 2. The van der Waals surface area contributed by atoms with Gasteiger partial charge < -0.3 is 33.9 Å². The molecule has 0 amide bonds. The van der Waals surface area contributed by atoms with Crippen LogP contribution in [0.25, 0.3) is 0 Å². The van der Waals surface area contributed by atoms with Crippen LogP contribution in [0.4, 0.5) is 5.69 Å². The van der Waals surface area contributed by atoms with E-state index in [1.54, 1.807) is 12.1 Å². The highest BCUT2D eigenvalue weighted by atomic mass is 16.6. The molecule has 2 N–H and O–H groups in total. The van der Waals surface area contributed by atoms with E-state index in [2.05, 4.69) is 0 Å². The van der Waals surface area contributed by atoms with Crippen LogP contribution in [-0.2, 0) is 0 Å². The van der Waals surface area contributed by atoms with E-state index in [1.165, 1.54) is 47.7 Å². The second-order valence-electron chi connectivity index (χ2n) is 6.60. The number of aliphatic hydroxyl groups excluding tert-OH is 2. The van der Waals surface area contributed by atoms with Crippen molar-refractivity contribution < 1.29 is 38.8 Å². The lowest BCUT2D eigenvalue weighted by Crippen LogP contribution is -2.06. The molecule has 0 aliphatic carbocycles. The Morgan fingerprint density at radius 3 is 1.48 bits per heavy atom. The Labute approximate surface area is 180 Å². The maximum atomic E-state index is 11.4. The molecule has 0 saturated heterocycles. The number of methoxy groups -OCH3 is 5. The van der Waals surface area contributed by atoms with Crippen LogP contribution < -0.4 is 23.7 Å². The third-order valence-electron chi connectivity index (χ3n) is 4.85. The van der Waals surface area contributed by atoms with Crippen molar-refractivity contribution in [1.29, 1.82) is 0 Å². The number of hydrogen-bond acceptors (Lipinski definition) is 9. The van der Waals surface area contributed by atoms with Gasteiger partial charge in [0.1, 0.15) is 0 Å². The highest BCUT2D eigenvalue weighted by molar-refractivity contribution is 5.58. The van der Waals surface area contributed by atoms with Gasteiger partial charge in [-0.25, -0.2) is 0 Å². The van der Waals surface area contributed by atoms with Crippen LogP contribution in [0.2, 0.25) is 0 Å². The molecular weight excluding hydrogens is 410 g/mol. The first-order chi connectivity index (χ1) is 14.8. The largest absolute Gasteiger partial charge is 0.493 e. The minimum absolute atomic E-state index is 0.0269. The minimum Gasteiger partial charge on any atom is -0.493 e. The first-order valence-electron chi connectivity index (χ1n) is 9.37. The fourth-order valence-electron chi connectivity index (χ4n) is 3.24. The van der Waals surface area contributed by atoms with Crippen molar-refractivity contribution in [3.63, 3.8) is 0 Å². The summed E-state index contributed by atoms with van der Waals surface area (Å²) in [7, 11) is 7.08. The minimum atomic E-state index is -1.07. The van der Waals surface area contributed by atoms with Crippen molar-refractivity contribution in [3.8, 4) is 28.7 Å². The van der Waals surface area contributed by atoms with E-state index in [0.717, 1.165) is 0 Å². The number of ether oxygens (including phenoxy) is 5. The van der Waals surface area contributed by atoms with Crippen LogP contribution in [0.3, 0.4) is 0 Å². The van der Waals surface area contributed by atoms with Gasteiger partial charge in [-0.1, -0.05) is 0 Å². The molecule has 0 saturated carbocycles. The van der Waals surface area contributed by atoms with Crippen LogP contribution in [-0.4, -0.2) is 50.7 Å². The molecular formula is C21H27NO9. The van der Waals surface area contributed by atoms with Crippen LogP contribution in [0.1, 0.15) is 36.2 Å². The number of nitro groups is 1. The summed E-state index contributed by atoms with van der Waals surface area (Å²) < 4.78 is 26.1. The summed E-state index contributed by atoms with van der Waals surface area (Å²) in [6, 6.07) is 5.96. The van der Waals surface area contributed by atoms with Gasteiger partial charge in [0, 0.05) is 6.07 Å². The van der Waals surface area contributed by atoms with Crippen molar-refractivity contribution >= 4 is 5.69 Å². The van der Waals surface area contributed by atoms with E-state index in [4.69, 9.17) is 23.7 Å². The number of rotatable bonds is 11. The molecule has 0 aliphatic heterocycles. The molecule has 0 radical (unpaired) electrons. The fraction of sp³-hybridized carbons (Fsp3) is 0.429. The van der Waals surface area contributed by atoms with E-state index in [9.17, 15) is 20.3 Å².